The maximum atomic E-state index is 12.3. The van der Waals surface area contributed by atoms with Crippen molar-refractivity contribution in [3.63, 3.8) is 0 Å². The highest BCUT2D eigenvalue weighted by Crippen LogP contribution is 2.27. The second-order valence-corrected chi connectivity index (χ2v) is 6.70. The smallest absolute Gasteiger partial charge is 0.298 e. The van der Waals surface area contributed by atoms with Crippen molar-refractivity contribution in [1.29, 1.82) is 0 Å². The van der Waals surface area contributed by atoms with Gasteiger partial charge in [0.25, 0.3) is 10.1 Å². The number of aliphatic hydroxyl groups excluding tert-OH is 1. The molecule has 0 aliphatic heterocycles. The average Bonchev–Trinajstić information content (AvgIpc) is 2.46. The molecule has 6 nitrogen and oxygen atoms in total. The summed E-state index contributed by atoms with van der Waals surface area (Å²) in [6.45, 7) is 0. The molecule has 0 radical (unpaired) electrons. The van der Waals surface area contributed by atoms with E-state index >= 15 is 0 Å². The lowest BCUT2D eigenvalue weighted by atomic mass is 10.0. The lowest BCUT2D eigenvalue weighted by molar-refractivity contribution is 0.0754. The molecule has 116 valence electrons. The van der Waals surface area contributed by atoms with Gasteiger partial charge in [-0.15, -0.1) is 0 Å². The van der Waals surface area contributed by atoms with Crippen molar-refractivity contribution in [2.24, 2.45) is 0 Å². The number of benzene rings is 2. The number of ether oxygens (including phenoxy) is 1. The zero-order valence-corrected chi connectivity index (χ0v) is 14.0. The lowest BCUT2D eigenvalue weighted by Crippen LogP contribution is -2.11. The maximum absolute atomic E-state index is 12.3. The molecule has 0 heterocycles. The molecule has 2 aromatic carbocycles. The standard InChI is InChI=1S/C14H11IO6S/c15-14(17)21-11-7-6-10(8-12(11)22(18,19)20)13(16)9-4-2-1-3-5-9/h1-8,14,17H,(H,18,19,20). The Balaban J connectivity index is 2.50. The highest BCUT2D eigenvalue weighted by Gasteiger charge is 2.21. The first-order valence-corrected chi connectivity index (χ1v) is 8.67. The van der Waals surface area contributed by atoms with Crippen LogP contribution < -0.4 is 4.74 Å². The van der Waals surface area contributed by atoms with Crippen molar-refractivity contribution >= 4 is 38.5 Å². The van der Waals surface area contributed by atoms with Crippen LogP contribution in [0.1, 0.15) is 15.9 Å². The van der Waals surface area contributed by atoms with Gasteiger partial charge in [-0.3, -0.25) is 9.35 Å². The Morgan fingerprint density at radius 1 is 1.09 bits per heavy atom. The summed E-state index contributed by atoms with van der Waals surface area (Å²) in [7, 11) is -4.61. The molecule has 22 heavy (non-hydrogen) atoms. The van der Waals surface area contributed by atoms with Gasteiger partial charge in [-0.05, 0) is 40.8 Å². The SMILES string of the molecule is O=C(c1ccccc1)c1ccc(OC(O)I)c(S(=O)(=O)O)c1. The predicted octanol–water partition coefficient (Wildman–Crippen LogP) is 2.25. The van der Waals surface area contributed by atoms with E-state index in [0.717, 1.165) is 6.07 Å². The van der Waals surface area contributed by atoms with E-state index in [1.807, 2.05) is 0 Å². The Kier molecular flexibility index (Phi) is 5.16. The first-order valence-electron chi connectivity index (χ1n) is 5.99. The van der Waals surface area contributed by atoms with Crippen LogP contribution in [0.4, 0.5) is 0 Å². The van der Waals surface area contributed by atoms with E-state index in [-0.39, 0.29) is 11.3 Å². The van der Waals surface area contributed by atoms with Crippen LogP contribution in [0, 0.1) is 0 Å². The molecule has 1 atom stereocenters. The number of carbonyl (C=O) groups excluding carboxylic acids is 1. The number of halogens is 1. The third-order valence-corrected chi connectivity index (χ3v) is 3.87. The highest BCUT2D eigenvalue weighted by atomic mass is 127. The van der Waals surface area contributed by atoms with Crippen LogP contribution in [0.2, 0.25) is 0 Å². The van der Waals surface area contributed by atoms with E-state index in [0.29, 0.717) is 5.56 Å². The highest BCUT2D eigenvalue weighted by molar-refractivity contribution is 14.1. The van der Waals surface area contributed by atoms with Gasteiger partial charge < -0.3 is 9.84 Å². The van der Waals surface area contributed by atoms with Gasteiger partial charge in [0.15, 0.2) is 5.78 Å². The minimum absolute atomic E-state index is 0.0779. The molecule has 2 N–H and O–H groups in total. The molecule has 0 aliphatic rings. The fourth-order valence-corrected chi connectivity index (χ4v) is 2.73. The molecule has 0 saturated heterocycles. The van der Waals surface area contributed by atoms with Gasteiger partial charge >= 0.3 is 0 Å². The average molecular weight is 434 g/mol. The number of hydrogen-bond donors (Lipinski definition) is 2. The van der Waals surface area contributed by atoms with Crippen LogP contribution in [-0.4, -0.2) is 28.2 Å². The Morgan fingerprint density at radius 2 is 1.73 bits per heavy atom. The van der Waals surface area contributed by atoms with Crippen molar-refractivity contribution in [2.75, 3.05) is 0 Å². The fourth-order valence-electron chi connectivity index (χ4n) is 1.81. The van der Waals surface area contributed by atoms with Gasteiger partial charge in [-0.1, -0.05) is 30.3 Å². The molecule has 0 amide bonds. The molecular weight excluding hydrogens is 423 g/mol. The normalized spacial score (nSPS) is 12.7. The monoisotopic (exact) mass is 434 g/mol. The van der Waals surface area contributed by atoms with Gasteiger partial charge in [-0.2, -0.15) is 8.42 Å². The van der Waals surface area contributed by atoms with Crippen LogP contribution >= 0.6 is 22.6 Å². The van der Waals surface area contributed by atoms with E-state index < -0.39 is 25.1 Å². The van der Waals surface area contributed by atoms with Gasteiger partial charge in [0.05, 0.1) is 0 Å². The van der Waals surface area contributed by atoms with Gasteiger partial charge in [0, 0.05) is 11.1 Å². The third-order valence-electron chi connectivity index (χ3n) is 2.74. The molecule has 0 aromatic heterocycles. The van der Waals surface area contributed by atoms with Crippen molar-refractivity contribution in [1.82, 2.24) is 0 Å². The first kappa shape index (κ1) is 16.9. The Bertz CT molecular complexity index is 786. The molecule has 0 spiro atoms. The summed E-state index contributed by atoms with van der Waals surface area (Å²) in [5.74, 6) is -0.638. The molecular formula is C14H11IO6S. The summed E-state index contributed by atoms with van der Waals surface area (Å²) in [4.78, 5) is 11.7. The van der Waals surface area contributed by atoms with Crippen LogP contribution in [0.15, 0.2) is 53.4 Å². The number of carbonyl (C=O) groups is 1. The largest absolute Gasteiger partial charge is 0.455 e. The van der Waals surface area contributed by atoms with E-state index in [1.54, 1.807) is 30.3 Å². The Labute approximate surface area is 140 Å². The number of ketones is 1. The van der Waals surface area contributed by atoms with E-state index in [2.05, 4.69) is 0 Å². The van der Waals surface area contributed by atoms with Crippen molar-refractivity contribution in [2.45, 2.75) is 9.19 Å². The first-order chi connectivity index (χ1) is 10.3. The minimum Gasteiger partial charge on any atom is -0.455 e. The number of alkyl halides is 1. The maximum Gasteiger partial charge on any atom is 0.298 e. The van der Waals surface area contributed by atoms with Crippen LogP contribution in [0.3, 0.4) is 0 Å². The third kappa shape index (κ3) is 4.03. The molecule has 2 aromatic rings. The summed E-state index contributed by atoms with van der Waals surface area (Å²) in [6, 6.07) is 11.9. The van der Waals surface area contributed by atoms with Gasteiger partial charge in [0.2, 0.25) is 4.30 Å². The second kappa shape index (κ2) is 6.73. The quantitative estimate of drug-likeness (QED) is 0.246. The van der Waals surface area contributed by atoms with Crippen LogP contribution in [0.5, 0.6) is 5.75 Å². The predicted molar refractivity (Wildman–Crippen MR) is 86.8 cm³/mol. The number of rotatable bonds is 5. The number of aliphatic hydroxyl groups is 1. The molecule has 0 saturated carbocycles. The summed E-state index contributed by atoms with van der Waals surface area (Å²) in [5.41, 5.74) is 0.459. The Hall–Kier alpha value is -1.49. The molecule has 2 rings (SSSR count). The lowest BCUT2D eigenvalue weighted by Gasteiger charge is -2.12. The van der Waals surface area contributed by atoms with Crippen LogP contribution in [0.25, 0.3) is 0 Å². The summed E-state index contributed by atoms with van der Waals surface area (Å²) in [6.07, 6.45) is 0. The second-order valence-electron chi connectivity index (χ2n) is 4.24. The zero-order valence-electron chi connectivity index (χ0n) is 11.0. The summed E-state index contributed by atoms with van der Waals surface area (Å²) >= 11 is 1.51. The molecule has 1 unspecified atom stereocenters. The van der Waals surface area contributed by atoms with E-state index in [1.165, 1.54) is 34.7 Å². The number of hydrogen-bond acceptors (Lipinski definition) is 5. The molecule has 0 bridgehead atoms. The fraction of sp³-hybridized carbons (Fsp3) is 0.0714. The van der Waals surface area contributed by atoms with Crippen molar-refractivity contribution in [3.05, 3.63) is 59.7 Å². The molecule has 0 fully saturated rings. The molecule has 8 heteroatoms. The van der Waals surface area contributed by atoms with Gasteiger partial charge in [0.1, 0.15) is 10.6 Å². The summed E-state index contributed by atoms with van der Waals surface area (Å²) in [5, 5.41) is 9.17. The van der Waals surface area contributed by atoms with E-state index in [9.17, 15) is 22.9 Å². The van der Waals surface area contributed by atoms with Gasteiger partial charge in [-0.25, -0.2) is 0 Å². The minimum atomic E-state index is -4.61. The Morgan fingerprint density at radius 3 is 2.27 bits per heavy atom. The van der Waals surface area contributed by atoms with Crippen molar-refractivity contribution < 1.29 is 27.6 Å². The molecule has 0 aliphatic carbocycles. The topological polar surface area (TPSA) is 101 Å². The van der Waals surface area contributed by atoms with E-state index in [4.69, 9.17) is 4.74 Å². The van der Waals surface area contributed by atoms with Crippen molar-refractivity contribution in [3.8, 4) is 5.75 Å². The van der Waals surface area contributed by atoms with Crippen LogP contribution in [-0.2, 0) is 10.1 Å². The summed E-state index contributed by atoms with van der Waals surface area (Å²) < 4.78 is 35.7. The zero-order chi connectivity index (χ0) is 16.3.